The van der Waals surface area contributed by atoms with Gasteiger partial charge in [0.25, 0.3) is 0 Å². The fourth-order valence-electron chi connectivity index (χ4n) is 2.06. The van der Waals surface area contributed by atoms with Gasteiger partial charge in [-0.1, -0.05) is 41.4 Å². The molecule has 0 atom stereocenters. The standard InChI is InChI=1S/C16H17ClN2O/c1-11-4-3-5-12(8-11)9-16(20)19(2)15-10-13(17)6-7-14(15)18/h3-8,10H,9,18H2,1-2H3. The van der Waals surface area contributed by atoms with Crippen molar-refractivity contribution in [3.8, 4) is 0 Å². The number of benzene rings is 2. The van der Waals surface area contributed by atoms with Crippen molar-refractivity contribution in [1.29, 1.82) is 0 Å². The summed E-state index contributed by atoms with van der Waals surface area (Å²) in [5.41, 5.74) is 9.19. The van der Waals surface area contributed by atoms with Crippen molar-refractivity contribution in [2.45, 2.75) is 13.3 Å². The van der Waals surface area contributed by atoms with Gasteiger partial charge in [-0.2, -0.15) is 0 Å². The highest BCUT2D eigenvalue weighted by Gasteiger charge is 2.14. The molecule has 4 heteroatoms. The molecule has 2 rings (SSSR count). The maximum atomic E-state index is 12.3. The third-order valence-electron chi connectivity index (χ3n) is 3.17. The van der Waals surface area contributed by atoms with Gasteiger partial charge >= 0.3 is 0 Å². The van der Waals surface area contributed by atoms with Gasteiger partial charge in [0, 0.05) is 12.1 Å². The van der Waals surface area contributed by atoms with Crippen LogP contribution in [0.2, 0.25) is 5.02 Å². The average molecular weight is 289 g/mol. The van der Waals surface area contributed by atoms with Crippen LogP contribution in [0.5, 0.6) is 0 Å². The lowest BCUT2D eigenvalue weighted by Gasteiger charge is -2.19. The smallest absolute Gasteiger partial charge is 0.231 e. The molecule has 3 nitrogen and oxygen atoms in total. The molecule has 1 amide bonds. The van der Waals surface area contributed by atoms with Crippen LogP contribution in [0.3, 0.4) is 0 Å². The van der Waals surface area contributed by atoms with Gasteiger partial charge in [-0.3, -0.25) is 4.79 Å². The van der Waals surface area contributed by atoms with Crippen molar-refractivity contribution >= 4 is 28.9 Å². The lowest BCUT2D eigenvalue weighted by atomic mass is 10.1. The molecular formula is C16H17ClN2O. The number of amides is 1. The minimum absolute atomic E-state index is 0.0235. The Morgan fingerprint density at radius 1 is 1.25 bits per heavy atom. The Balaban J connectivity index is 2.18. The molecule has 0 radical (unpaired) electrons. The predicted molar refractivity (Wildman–Crippen MR) is 84.2 cm³/mol. The maximum absolute atomic E-state index is 12.3. The second-order valence-electron chi connectivity index (χ2n) is 4.82. The summed E-state index contributed by atoms with van der Waals surface area (Å²) in [5.74, 6) is -0.0235. The van der Waals surface area contributed by atoms with Gasteiger partial charge < -0.3 is 10.6 Å². The normalized spacial score (nSPS) is 10.3. The molecule has 2 aromatic carbocycles. The Morgan fingerprint density at radius 2 is 2.00 bits per heavy atom. The Hall–Kier alpha value is -2.00. The van der Waals surface area contributed by atoms with Gasteiger partial charge in [-0.05, 0) is 30.7 Å². The first-order chi connectivity index (χ1) is 9.47. The molecule has 0 aliphatic rings. The SMILES string of the molecule is Cc1cccc(CC(=O)N(C)c2cc(Cl)ccc2N)c1. The molecule has 0 spiro atoms. The number of carbonyl (C=O) groups is 1. The molecule has 0 saturated carbocycles. The van der Waals surface area contributed by atoms with E-state index in [0.29, 0.717) is 22.8 Å². The zero-order valence-electron chi connectivity index (χ0n) is 11.6. The summed E-state index contributed by atoms with van der Waals surface area (Å²) in [6.45, 7) is 2.01. The summed E-state index contributed by atoms with van der Waals surface area (Å²) in [4.78, 5) is 13.9. The predicted octanol–water partition coefficient (Wildman–Crippen LogP) is 3.44. The van der Waals surface area contributed by atoms with Gasteiger partial charge in [0.05, 0.1) is 17.8 Å². The zero-order valence-corrected chi connectivity index (χ0v) is 12.3. The summed E-state index contributed by atoms with van der Waals surface area (Å²) in [6.07, 6.45) is 0.337. The van der Waals surface area contributed by atoms with Crippen LogP contribution in [-0.2, 0) is 11.2 Å². The van der Waals surface area contributed by atoms with Crippen LogP contribution < -0.4 is 10.6 Å². The van der Waals surface area contributed by atoms with E-state index in [2.05, 4.69) is 0 Å². The fraction of sp³-hybridized carbons (Fsp3) is 0.188. The molecule has 2 aromatic rings. The van der Waals surface area contributed by atoms with E-state index >= 15 is 0 Å². The Kier molecular flexibility index (Phi) is 4.30. The highest BCUT2D eigenvalue weighted by atomic mass is 35.5. The van der Waals surface area contributed by atoms with E-state index < -0.39 is 0 Å². The molecule has 20 heavy (non-hydrogen) atoms. The number of halogens is 1. The molecule has 0 unspecified atom stereocenters. The van der Waals surface area contributed by atoms with Crippen LogP contribution in [-0.4, -0.2) is 13.0 Å². The second-order valence-corrected chi connectivity index (χ2v) is 5.26. The van der Waals surface area contributed by atoms with E-state index in [1.807, 2.05) is 31.2 Å². The van der Waals surface area contributed by atoms with Crippen LogP contribution >= 0.6 is 11.6 Å². The van der Waals surface area contributed by atoms with Crippen LogP contribution in [0, 0.1) is 6.92 Å². The molecule has 2 N–H and O–H groups in total. The van der Waals surface area contributed by atoms with E-state index in [1.165, 1.54) is 0 Å². The molecule has 0 fully saturated rings. The highest BCUT2D eigenvalue weighted by Crippen LogP contribution is 2.26. The Labute approximate surface area is 124 Å². The summed E-state index contributed by atoms with van der Waals surface area (Å²) in [6, 6.07) is 13.0. The molecule has 0 aromatic heterocycles. The molecule has 0 heterocycles. The van der Waals surface area contributed by atoms with Crippen molar-refractivity contribution in [3.63, 3.8) is 0 Å². The lowest BCUT2D eigenvalue weighted by Crippen LogP contribution is -2.28. The van der Waals surface area contributed by atoms with Gasteiger partial charge in [-0.15, -0.1) is 0 Å². The third-order valence-corrected chi connectivity index (χ3v) is 3.40. The number of hydrogen-bond acceptors (Lipinski definition) is 2. The summed E-state index contributed by atoms with van der Waals surface area (Å²) >= 11 is 5.95. The number of anilines is 2. The van der Waals surface area contributed by atoms with Crippen LogP contribution in [0.25, 0.3) is 0 Å². The Morgan fingerprint density at radius 3 is 2.70 bits per heavy atom. The van der Waals surface area contributed by atoms with Crippen molar-refractivity contribution in [2.75, 3.05) is 17.7 Å². The molecule has 0 aliphatic carbocycles. The van der Waals surface area contributed by atoms with Crippen LogP contribution in [0.1, 0.15) is 11.1 Å². The van der Waals surface area contributed by atoms with E-state index in [1.54, 1.807) is 30.1 Å². The van der Waals surface area contributed by atoms with Gasteiger partial charge in [0.1, 0.15) is 0 Å². The van der Waals surface area contributed by atoms with Crippen molar-refractivity contribution in [3.05, 3.63) is 58.6 Å². The number of carbonyl (C=O) groups excluding carboxylic acids is 1. The summed E-state index contributed by atoms with van der Waals surface area (Å²) in [7, 11) is 1.71. The van der Waals surface area contributed by atoms with Crippen molar-refractivity contribution < 1.29 is 4.79 Å². The quantitative estimate of drug-likeness (QED) is 0.880. The topological polar surface area (TPSA) is 46.3 Å². The van der Waals surface area contributed by atoms with Crippen LogP contribution in [0.15, 0.2) is 42.5 Å². The number of likely N-dealkylation sites (N-methyl/N-ethyl adjacent to an activating group) is 1. The Bertz CT molecular complexity index is 640. The lowest BCUT2D eigenvalue weighted by molar-refractivity contribution is -0.117. The number of rotatable bonds is 3. The molecule has 104 valence electrons. The summed E-state index contributed by atoms with van der Waals surface area (Å²) in [5, 5.41) is 0.560. The number of hydrogen-bond donors (Lipinski definition) is 1. The fourth-order valence-corrected chi connectivity index (χ4v) is 2.22. The minimum atomic E-state index is -0.0235. The highest BCUT2D eigenvalue weighted by molar-refractivity contribution is 6.31. The van der Waals surface area contributed by atoms with E-state index in [-0.39, 0.29) is 5.91 Å². The van der Waals surface area contributed by atoms with Crippen molar-refractivity contribution in [1.82, 2.24) is 0 Å². The van der Waals surface area contributed by atoms with Crippen molar-refractivity contribution in [2.24, 2.45) is 0 Å². The minimum Gasteiger partial charge on any atom is -0.397 e. The maximum Gasteiger partial charge on any atom is 0.231 e. The number of nitrogens with zero attached hydrogens (tertiary/aromatic N) is 1. The first kappa shape index (κ1) is 14.4. The number of nitrogens with two attached hydrogens (primary N) is 1. The van der Waals surface area contributed by atoms with Gasteiger partial charge in [0.2, 0.25) is 5.91 Å². The van der Waals surface area contributed by atoms with E-state index in [4.69, 9.17) is 17.3 Å². The molecule has 0 aliphatic heterocycles. The number of nitrogen functional groups attached to an aromatic ring is 1. The third kappa shape index (κ3) is 3.31. The monoisotopic (exact) mass is 288 g/mol. The van der Waals surface area contributed by atoms with E-state index in [9.17, 15) is 4.79 Å². The van der Waals surface area contributed by atoms with Crippen LogP contribution in [0.4, 0.5) is 11.4 Å². The largest absolute Gasteiger partial charge is 0.397 e. The summed E-state index contributed by atoms with van der Waals surface area (Å²) < 4.78 is 0. The van der Waals surface area contributed by atoms with Gasteiger partial charge in [0.15, 0.2) is 0 Å². The van der Waals surface area contributed by atoms with Gasteiger partial charge in [-0.25, -0.2) is 0 Å². The molecule has 0 bridgehead atoms. The first-order valence-corrected chi connectivity index (χ1v) is 6.72. The van der Waals surface area contributed by atoms with E-state index in [0.717, 1.165) is 11.1 Å². The zero-order chi connectivity index (χ0) is 14.7. The molecular weight excluding hydrogens is 272 g/mol. The molecule has 0 saturated heterocycles. The average Bonchev–Trinajstić information content (AvgIpc) is 2.40. The number of aryl methyl sites for hydroxylation is 1. The first-order valence-electron chi connectivity index (χ1n) is 6.34. The second kappa shape index (κ2) is 5.97.